The third-order valence-corrected chi connectivity index (χ3v) is 4.57. The van der Waals surface area contributed by atoms with E-state index < -0.39 is 0 Å². The standard InChI is InChI=1S/C20H30N2O4/c1-5-18(23)21-15-8-7-9-17(12-15)25-14-19(24)22(6-2)16-10-11-26-20(3,4)13-16/h7-9,12,16H,5-6,10-11,13-14H2,1-4H3,(H,21,23)/t16-/m0/s1. The number of hydrogen-bond donors (Lipinski definition) is 1. The normalized spacial score (nSPS) is 18.8. The Morgan fingerprint density at radius 3 is 2.77 bits per heavy atom. The Kier molecular flexibility index (Phi) is 7.03. The highest BCUT2D eigenvalue weighted by Gasteiger charge is 2.33. The van der Waals surface area contributed by atoms with Crippen LogP contribution >= 0.6 is 0 Å². The Morgan fingerprint density at radius 1 is 1.35 bits per heavy atom. The average Bonchev–Trinajstić information content (AvgIpc) is 2.60. The number of nitrogens with one attached hydrogen (secondary N) is 1. The van der Waals surface area contributed by atoms with Crippen molar-refractivity contribution in [1.82, 2.24) is 4.90 Å². The van der Waals surface area contributed by atoms with Crippen molar-refractivity contribution in [2.24, 2.45) is 0 Å². The summed E-state index contributed by atoms with van der Waals surface area (Å²) < 4.78 is 11.4. The molecule has 0 radical (unpaired) electrons. The molecule has 1 atom stereocenters. The molecule has 0 aliphatic carbocycles. The van der Waals surface area contributed by atoms with E-state index in [0.717, 1.165) is 12.8 Å². The van der Waals surface area contributed by atoms with Crippen molar-refractivity contribution in [1.29, 1.82) is 0 Å². The molecule has 2 amide bonds. The number of nitrogens with zero attached hydrogens (tertiary/aromatic N) is 1. The van der Waals surface area contributed by atoms with Crippen LogP contribution in [-0.2, 0) is 14.3 Å². The highest BCUT2D eigenvalue weighted by Crippen LogP contribution is 2.27. The van der Waals surface area contributed by atoms with Crippen LogP contribution in [0.15, 0.2) is 24.3 Å². The molecule has 1 saturated heterocycles. The van der Waals surface area contributed by atoms with Crippen LogP contribution in [0.1, 0.15) is 47.0 Å². The third-order valence-electron chi connectivity index (χ3n) is 4.57. The second-order valence-corrected chi connectivity index (χ2v) is 7.15. The first-order chi connectivity index (χ1) is 12.3. The van der Waals surface area contributed by atoms with Crippen LogP contribution < -0.4 is 10.1 Å². The maximum Gasteiger partial charge on any atom is 0.260 e. The Labute approximate surface area is 155 Å². The minimum atomic E-state index is -0.205. The van der Waals surface area contributed by atoms with Crippen LogP contribution in [-0.4, -0.2) is 48.1 Å². The maximum absolute atomic E-state index is 12.7. The zero-order valence-electron chi connectivity index (χ0n) is 16.2. The van der Waals surface area contributed by atoms with Gasteiger partial charge in [0.2, 0.25) is 5.91 Å². The number of rotatable bonds is 7. The molecule has 0 bridgehead atoms. The van der Waals surface area contributed by atoms with Gasteiger partial charge in [0.25, 0.3) is 5.91 Å². The molecule has 1 fully saturated rings. The van der Waals surface area contributed by atoms with Gasteiger partial charge in [0.1, 0.15) is 5.75 Å². The molecule has 1 N–H and O–H groups in total. The molecular formula is C20H30N2O4. The molecule has 1 aliphatic rings. The molecule has 1 aliphatic heterocycles. The molecule has 1 aromatic rings. The van der Waals surface area contributed by atoms with E-state index in [4.69, 9.17) is 9.47 Å². The van der Waals surface area contributed by atoms with Crippen molar-refractivity contribution in [3.05, 3.63) is 24.3 Å². The fourth-order valence-corrected chi connectivity index (χ4v) is 3.24. The lowest BCUT2D eigenvalue weighted by Crippen LogP contribution is -2.49. The highest BCUT2D eigenvalue weighted by molar-refractivity contribution is 5.90. The molecule has 6 nitrogen and oxygen atoms in total. The van der Waals surface area contributed by atoms with E-state index in [1.165, 1.54) is 0 Å². The Hall–Kier alpha value is -2.08. The molecule has 0 saturated carbocycles. The Bertz CT molecular complexity index is 630. The van der Waals surface area contributed by atoms with Crippen LogP contribution in [0, 0.1) is 0 Å². The number of hydrogen-bond acceptors (Lipinski definition) is 4. The van der Waals surface area contributed by atoms with E-state index in [1.54, 1.807) is 31.2 Å². The molecule has 26 heavy (non-hydrogen) atoms. The smallest absolute Gasteiger partial charge is 0.260 e. The van der Waals surface area contributed by atoms with Gasteiger partial charge in [-0.2, -0.15) is 0 Å². The van der Waals surface area contributed by atoms with Gasteiger partial charge in [0.15, 0.2) is 6.61 Å². The molecule has 0 unspecified atom stereocenters. The zero-order chi connectivity index (χ0) is 19.2. The van der Waals surface area contributed by atoms with E-state index in [2.05, 4.69) is 19.2 Å². The van der Waals surface area contributed by atoms with Crippen molar-refractivity contribution >= 4 is 17.5 Å². The summed E-state index contributed by atoms with van der Waals surface area (Å²) in [7, 11) is 0. The van der Waals surface area contributed by atoms with Crippen molar-refractivity contribution in [3.8, 4) is 5.75 Å². The van der Waals surface area contributed by atoms with Gasteiger partial charge in [-0.15, -0.1) is 0 Å². The molecule has 0 spiro atoms. The summed E-state index contributed by atoms with van der Waals surface area (Å²) in [5.41, 5.74) is 0.462. The van der Waals surface area contributed by atoms with Gasteiger partial charge in [-0.05, 0) is 45.7 Å². The van der Waals surface area contributed by atoms with Gasteiger partial charge < -0.3 is 19.7 Å². The molecule has 2 rings (SSSR count). The second kappa shape index (κ2) is 9.03. The number of benzene rings is 1. The lowest BCUT2D eigenvalue weighted by molar-refractivity contribution is -0.142. The van der Waals surface area contributed by atoms with E-state index >= 15 is 0 Å². The molecule has 0 aromatic heterocycles. The van der Waals surface area contributed by atoms with E-state index in [1.807, 2.05) is 11.8 Å². The first kappa shape index (κ1) is 20.2. The quantitative estimate of drug-likeness (QED) is 0.809. The number of carbonyl (C=O) groups excluding carboxylic acids is 2. The van der Waals surface area contributed by atoms with Crippen LogP contribution in [0.3, 0.4) is 0 Å². The minimum Gasteiger partial charge on any atom is -0.484 e. The largest absolute Gasteiger partial charge is 0.484 e. The van der Waals surface area contributed by atoms with E-state index in [9.17, 15) is 9.59 Å². The molecule has 144 valence electrons. The topological polar surface area (TPSA) is 67.9 Å². The van der Waals surface area contributed by atoms with Crippen molar-refractivity contribution in [2.45, 2.75) is 58.6 Å². The van der Waals surface area contributed by atoms with Gasteiger partial charge in [-0.3, -0.25) is 9.59 Å². The zero-order valence-corrected chi connectivity index (χ0v) is 16.2. The lowest BCUT2D eigenvalue weighted by atomic mass is 9.93. The monoisotopic (exact) mass is 362 g/mol. The summed E-state index contributed by atoms with van der Waals surface area (Å²) in [4.78, 5) is 26.0. The van der Waals surface area contributed by atoms with E-state index in [0.29, 0.717) is 31.0 Å². The van der Waals surface area contributed by atoms with Crippen molar-refractivity contribution in [3.63, 3.8) is 0 Å². The van der Waals surface area contributed by atoms with Crippen LogP contribution in [0.2, 0.25) is 0 Å². The van der Waals surface area contributed by atoms with Gasteiger partial charge in [-0.1, -0.05) is 13.0 Å². The fourth-order valence-electron chi connectivity index (χ4n) is 3.24. The van der Waals surface area contributed by atoms with Gasteiger partial charge in [0, 0.05) is 37.4 Å². The van der Waals surface area contributed by atoms with Gasteiger partial charge in [-0.25, -0.2) is 0 Å². The Morgan fingerprint density at radius 2 is 2.12 bits per heavy atom. The summed E-state index contributed by atoms with van der Waals surface area (Å²) in [6.07, 6.45) is 2.09. The Balaban J connectivity index is 1.94. The third kappa shape index (κ3) is 5.73. The van der Waals surface area contributed by atoms with Crippen molar-refractivity contribution < 1.29 is 19.1 Å². The lowest BCUT2D eigenvalue weighted by Gasteiger charge is -2.40. The number of amides is 2. The molecule has 1 heterocycles. The van der Waals surface area contributed by atoms with Crippen LogP contribution in [0.25, 0.3) is 0 Å². The minimum absolute atomic E-state index is 0.0171. The average molecular weight is 362 g/mol. The summed E-state index contributed by atoms with van der Waals surface area (Å²) >= 11 is 0. The predicted molar refractivity (Wildman–Crippen MR) is 101 cm³/mol. The molecular weight excluding hydrogens is 332 g/mol. The highest BCUT2D eigenvalue weighted by atomic mass is 16.5. The summed E-state index contributed by atoms with van der Waals surface area (Å²) in [5, 5.41) is 2.79. The first-order valence-corrected chi connectivity index (χ1v) is 9.30. The van der Waals surface area contributed by atoms with Crippen LogP contribution in [0.5, 0.6) is 5.75 Å². The second-order valence-electron chi connectivity index (χ2n) is 7.15. The summed E-state index contributed by atoms with van der Waals surface area (Å²) in [6.45, 7) is 9.20. The number of carbonyl (C=O) groups is 2. The molecule has 6 heteroatoms. The van der Waals surface area contributed by atoms with Crippen LogP contribution in [0.4, 0.5) is 5.69 Å². The SMILES string of the molecule is CCC(=O)Nc1cccc(OCC(=O)N(CC)[C@H]2CCOC(C)(C)C2)c1. The first-order valence-electron chi connectivity index (χ1n) is 9.30. The van der Waals surface area contributed by atoms with E-state index in [-0.39, 0.29) is 30.1 Å². The number of ether oxygens (including phenoxy) is 2. The number of anilines is 1. The summed E-state index contributed by atoms with van der Waals surface area (Å²) in [5.74, 6) is 0.478. The van der Waals surface area contributed by atoms with Gasteiger partial charge >= 0.3 is 0 Å². The van der Waals surface area contributed by atoms with Crippen molar-refractivity contribution in [2.75, 3.05) is 25.1 Å². The number of likely N-dealkylation sites (N-methyl/N-ethyl adjacent to an activating group) is 1. The fraction of sp³-hybridized carbons (Fsp3) is 0.600. The summed E-state index contributed by atoms with van der Waals surface area (Å²) in [6, 6.07) is 7.28. The van der Waals surface area contributed by atoms with Gasteiger partial charge in [0.05, 0.1) is 5.60 Å². The molecule has 1 aromatic carbocycles. The predicted octanol–water partition coefficient (Wildman–Crippen LogP) is 3.22. The maximum atomic E-state index is 12.7.